The molecule has 0 radical (unpaired) electrons. The first-order chi connectivity index (χ1) is 8.09. The minimum Gasteiger partial charge on any atom is -0.478 e. The van der Waals surface area contributed by atoms with Gasteiger partial charge < -0.3 is 14.6 Å². The Balaban J connectivity index is 0.000000172. The summed E-state index contributed by atoms with van der Waals surface area (Å²) < 4.78 is 5.12. The van der Waals surface area contributed by atoms with Crippen LogP contribution in [0.15, 0.2) is 53.2 Å². The third-order valence-corrected chi connectivity index (χ3v) is 1.73. The molecule has 5 nitrogen and oxygen atoms in total. The van der Waals surface area contributed by atoms with Crippen LogP contribution in [0.2, 0.25) is 0 Å². The van der Waals surface area contributed by atoms with Crippen LogP contribution in [-0.2, 0) is 9.59 Å². The monoisotopic (exact) mass is 234 g/mol. The molecule has 1 heterocycles. The molecular formula is C12H10O5. The highest BCUT2D eigenvalue weighted by Crippen LogP contribution is 2.12. The minimum absolute atomic E-state index is 0.558. The van der Waals surface area contributed by atoms with E-state index in [9.17, 15) is 9.59 Å². The van der Waals surface area contributed by atoms with Crippen LogP contribution in [-0.4, -0.2) is 22.2 Å². The maximum Gasteiger partial charge on any atom is 0.328 e. The summed E-state index contributed by atoms with van der Waals surface area (Å²) >= 11 is 0. The van der Waals surface area contributed by atoms with Crippen molar-refractivity contribution in [2.24, 2.45) is 0 Å². The standard InChI is InChI=1S/C8H6O.C4H4O4/c1-2-4-8-7(3-1)5-6-9-8;5-3(6)1-2-4(7)8/h1-6H;1-2H,(H,5,6)(H,7,8)/b;2-1-. The van der Waals surface area contributed by atoms with Gasteiger partial charge in [0.1, 0.15) is 5.58 Å². The lowest BCUT2D eigenvalue weighted by molar-refractivity contribution is -0.134. The van der Waals surface area contributed by atoms with E-state index in [0.29, 0.717) is 12.2 Å². The molecule has 0 amide bonds. The molecule has 1 aromatic heterocycles. The highest BCUT2D eigenvalue weighted by Gasteiger charge is 1.89. The molecule has 88 valence electrons. The van der Waals surface area contributed by atoms with E-state index in [0.717, 1.165) is 11.0 Å². The zero-order chi connectivity index (χ0) is 12.7. The molecule has 0 aliphatic carbocycles. The fraction of sp³-hybridized carbons (Fsp3) is 0. The van der Waals surface area contributed by atoms with E-state index in [1.54, 1.807) is 6.26 Å². The van der Waals surface area contributed by atoms with Gasteiger partial charge >= 0.3 is 11.9 Å². The van der Waals surface area contributed by atoms with E-state index in [1.165, 1.54) is 0 Å². The molecule has 0 aliphatic rings. The number of para-hydroxylation sites is 1. The molecule has 2 N–H and O–H groups in total. The van der Waals surface area contributed by atoms with Crippen molar-refractivity contribution in [1.29, 1.82) is 0 Å². The van der Waals surface area contributed by atoms with Crippen LogP contribution in [0, 0.1) is 0 Å². The summed E-state index contributed by atoms with van der Waals surface area (Å²) in [7, 11) is 0. The zero-order valence-electron chi connectivity index (χ0n) is 8.74. The Labute approximate surface area is 96.6 Å². The van der Waals surface area contributed by atoms with Crippen molar-refractivity contribution < 1.29 is 24.2 Å². The highest BCUT2D eigenvalue weighted by molar-refractivity contribution is 5.89. The van der Waals surface area contributed by atoms with Crippen LogP contribution in [0.3, 0.4) is 0 Å². The number of carbonyl (C=O) groups is 2. The SMILES string of the molecule is O=C(O)/C=C\C(=O)O.c1ccc2occc2c1. The molecule has 0 bridgehead atoms. The fourth-order valence-corrected chi connectivity index (χ4v) is 1.05. The molecule has 0 atom stereocenters. The molecule has 0 fully saturated rings. The Morgan fingerprint density at radius 3 is 2.12 bits per heavy atom. The van der Waals surface area contributed by atoms with Crippen molar-refractivity contribution >= 4 is 22.9 Å². The first kappa shape index (κ1) is 12.5. The second-order valence-electron chi connectivity index (χ2n) is 2.97. The van der Waals surface area contributed by atoms with Gasteiger partial charge in [-0.2, -0.15) is 0 Å². The predicted octanol–water partition coefficient (Wildman–Crippen LogP) is 2.14. The summed E-state index contributed by atoms with van der Waals surface area (Å²) in [5, 5.41) is 16.8. The lowest BCUT2D eigenvalue weighted by atomic mass is 10.3. The number of aliphatic carboxylic acids is 2. The van der Waals surface area contributed by atoms with Crippen LogP contribution in [0.5, 0.6) is 0 Å². The number of rotatable bonds is 2. The lowest BCUT2D eigenvalue weighted by Gasteiger charge is -1.81. The lowest BCUT2D eigenvalue weighted by Crippen LogP contribution is -1.91. The quantitative estimate of drug-likeness (QED) is 0.777. The van der Waals surface area contributed by atoms with Gasteiger partial charge in [-0.05, 0) is 12.1 Å². The molecular weight excluding hydrogens is 224 g/mol. The van der Waals surface area contributed by atoms with Crippen molar-refractivity contribution in [3.05, 3.63) is 48.7 Å². The highest BCUT2D eigenvalue weighted by atomic mass is 16.4. The number of carboxylic acid groups (broad SMARTS) is 2. The predicted molar refractivity (Wildman–Crippen MR) is 60.6 cm³/mol. The zero-order valence-corrected chi connectivity index (χ0v) is 8.74. The minimum atomic E-state index is -1.26. The molecule has 0 saturated carbocycles. The van der Waals surface area contributed by atoms with Gasteiger partial charge in [0.2, 0.25) is 0 Å². The van der Waals surface area contributed by atoms with Crippen LogP contribution < -0.4 is 0 Å². The van der Waals surface area contributed by atoms with Crippen LogP contribution >= 0.6 is 0 Å². The number of benzene rings is 1. The Kier molecular flexibility index (Phi) is 4.50. The number of hydrogen-bond acceptors (Lipinski definition) is 3. The number of hydrogen-bond donors (Lipinski definition) is 2. The van der Waals surface area contributed by atoms with E-state index < -0.39 is 11.9 Å². The van der Waals surface area contributed by atoms with Crippen LogP contribution in [0.4, 0.5) is 0 Å². The fourth-order valence-electron chi connectivity index (χ4n) is 1.05. The molecule has 0 spiro atoms. The van der Waals surface area contributed by atoms with Crippen LogP contribution in [0.25, 0.3) is 11.0 Å². The van der Waals surface area contributed by atoms with Crippen molar-refractivity contribution in [3.63, 3.8) is 0 Å². The van der Waals surface area contributed by atoms with Gasteiger partial charge in [-0.25, -0.2) is 9.59 Å². The van der Waals surface area contributed by atoms with Crippen molar-refractivity contribution in [2.75, 3.05) is 0 Å². The first-order valence-electron chi connectivity index (χ1n) is 4.66. The normalized spacial score (nSPS) is 9.88. The molecule has 2 rings (SSSR count). The van der Waals surface area contributed by atoms with Gasteiger partial charge in [-0.1, -0.05) is 18.2 Å². The summed E-state index contributed by atoms with van der Waals surface area (Å²) in [4.78, 5) is 19.1. The summed E-state index contributed by atoms with van der Waals surface area (Å²) in [5.74, 6) is -2.51. The third-order valence-electron chi connectivity index (χ3n) is 1.73. The maximum absolute atomic E-state index is 9.55. The second-order valence-corrected chi connectivity index (χ2v) is 2.97. The van der Waals surface area contributed by atoms with Gasteiger partial charge in [0.25, 0.3) is 0 Å². The summed E-state index contributed by atoms with van der Waals surface area (Å²) in [6, 6.07) is 9.90. The van der Waals surface area contributed by atoms with E-state index in [1.807, 2.05) is 30.3 Å². The molecule has 0 saturated heterocycles. The maximum atomic E-state index is 9.55. The smallest absolute Gasteiger partial charge is 0.328 e. The van der Waals surface area contributed by atoms with E-state index >= 15 is 0 Å². The Hall–Kier alpha value is -2.56. The molecule has 17 heavy (non-hydrogen) atoms. The number of fused-ring (bicyclic) bond motifs is 1. The van der Waals surface area contributed by atoms with Crippen molar-refractivity contribution in [2.45, 2.75) is 0 Å². The van der Waals surface area contributed by atoms with Gasteiger partial charge in [0, 0.05) is 17.5 Å². The Morgan fingerprint density at radius 1 is 1.00 bits per heavy atom. The molecule has 0 aliphatic heterocycles. The molecule has 0 unspecified atom stereocenters. The van der Waals surface area contributed by atoms with E-state index in [2.05, 4.69) is 0 Å². The average Bonchev–Trinajstić information content (AvgIpc) is 2.75. The van der Waals surface area contributed by atoms with Gasteiger partial charge in [-0.3, -0.25) is 0 Å². The molecule has 2 aromatic rings. The van der Waals surface area contributed by atoms with E-state index in [4.69, 9.17) is 14.6 Å². The Bertz CT molecular complexity index is 492. The summed E-state index contributed by atoms with van der Waals surface area (Å²) in [5.41, 5.74) is 0.956. The van der Waals surface area contributed by atoms with Gasteiger partial charge in [0.05, 0.1) is 6.26 Å². The largest absolute Gasteiger partial charge is 0.478 e. The van der Waals surface area contributed by atoms with Crippen molar-refractivity contribution in [1.82, 2.24) is 0 Å². The van der Waals surface area contributed by atoms with Gasteiger partial charge in [0.15, 0.2) is 0 Å². The average molecular weight is 234 g/mol. The molecule has 1 aromatic carbocycles. The molecule has 5 heteroatoms. The summed E-state index contributed by atoms with van der Waals surface area (Å²) in [6.07, 6.45) is 2.81. The number of furan rings is 1. The number of carboxylic acids is 2. The van der Waals surface area contributed by atoms with Gasteiger partial charge in [-0.15, -0.1) is 0 Å². The topological polar surface area (TPSA) is 87.7 Å². The van der Waals surface area contributed by atoms with E-state index in [-0.39, 0.29) is 0 Å². The third kappa shape index (κ3) is 4.65. The summed E-state index contributed by atoms with van der Waals surface area (Å²) in [6.45, 7) is 0. The second kappa shape index (κ2) is 6.12. The van der Waals surface area contributed by atoms with Crippen LogP contribution in [0.1, 0.15) is 0 Å². The van der Waals surface area contributed by atoms with Crippen molar-refractivity contribution in [3.8, 4) is 0 Å². The Morgan fingerprint density at radius 2 is 1.59 bits per heavy atom. The first-order valence-corrected chi connectivity index (χ1v) is 4.66.